The van der Waals surface area contributed by atoms with Gasteiger partial charge in [-0.3, -0.25) is 0 Å². The van der Waals surface area contributed by atoms with Crippen molar-refractivity contribution in [2.45, 2.75) is 90.3 Å². The SMILES string of the molecule is CCO[Si](C)(C)CCCCCCCCCCCCS. The molecule has 0 bridgehead atoms. The Hall–Kier alpha value is 0.527. The van der Waals surface area contributed by atoms with E-state index < -0.39 is 8.32 Å². The Labute approximate surface area is 128 Å². The van der Waals surface area contributed by atoms with Gasteiger partial charge in [-0.2, -0.15) is 12.6 Å². The lowest BCUT2D eigenvalue weighted by Crippen LogP contribution is -2.29. The highest BCUT2D eigenvalue weighted by Crippen LogP contribution is 2.17. The molecule has 0 saturated heterocycles. The molecule has 19 heavy (non-hydrogen) atoms. The third-order valence-corrected chi connectivity index (χ3v) is 6.67. The van der Waals surface area contributed by atoms with Crippen LogP contribution in [0, 0.1) is 0 Å². The lowest BCUT2D eigenvalue weighted by atomic mass is 10.1. The van der Waals surface area contributed by atoms with Crippen molar-refractivity contribution in [2.75, 3.05) is 12.4 Å². The van der Waals surface area contributed by atoms with E-state index in [0.717, 1.165) is 12.4 Å². The molecular weight excluding hydrogens is 268 g/mol. The highest BCUT2D eigenvalue weighted by atomic mass is 32.1. The first-order valence-electron chi connectivity index (χ1n) is 8.37. The summed E-state index contributed by atoms with van der Waals surface area (Å²) >= 11 is 4.24. The summed E-state index contributed by atoms with van der Waals surface area (Å²) in [5.74, 6) is 1.06. The van der Waals surface area contributed by atoms with Gasteiger partial charge in [-0.05, 0) is 38.2 Å². The summed E-state index contributed by atoms with van der Waals surface area (Å²) in [5, 5.41) is 0. The van der Waals surface area contributed by atoms with E-state index in [0.29, 0.717) is 0 Å². The molecule has 0 amide bonds. The Morgan fingerprint density at radius 3 is 1.58 bits per heavy atom. The van der Waals surface area contributed by atoms with Crippen molar-refractivity contribution in [2.24, 2.45) is 0 Å². The number of hydrogen-bond donors (Lipinski definition) is 1. The number of rotatable bonds is 14. The number of hydrogen-bond acceptors (Lipinski definition) is 2. The van der Waals surface area contributed by atoms with Gasteiger partial charge in [0.2, 0.25) is 0 Å². The highest BCUT2D eigenvalue weighted by molar-refractivity contribution is 7.80. The molecule has 0 aliphatic heterocycles. The first kappa shape index (κ1) is 19.5. The van der Waals surface area contributed by atoms with E-state index in [1.165, 1.54) is 70.3 Å². The van der Waals surface area contributed by atoms with Crippen molar-refractivity contribution in [3.63, 3.8) is 0 Å². The molecule has 0 unspecified atom stereocenters. The van der Waals surface area contributed by atoms with E-state index in [2.05, 4.69) is 32.6 Å². The van der Waals surface area contributed by atoms with Crippen LogP contribution in [0.25, 0.3) is 0 Å². The van der Waals surface area contributed by atoms with Gasteiger partial charge in [0.25, 0.3) is 0 Å². The summed E-state index contributed by atoms with van der Waals surface area (Å²) in [4.78, 5) is 0. The van der Waals surface area contributed by atoms with Crippen molar-refractivity contribution in [3.8, 4) is 0 Å². The summed E-state index contributed by atoms with van der Waals surface area (Å²) in [6.07, 6.45) is 14.0. The zero-order valence-corrected chi connectivity index (χ0v) is 15.4. The molecule has 0 fully saturated rings. The van der Waals surface area contributed by atoms with Crippen molar-refractivity contribution in [1.82, 2.24) is 0 Å². The fourth-order valence-electron chi connectivity index (χ4n) is 2.54. The van der Waals surface area contributed by atoms with Gasteiger partial charge < -0.3 is 4.43 Å². The summed E-state index contributed by atoms with van der Waals surface area (Å²) in [6, 6.07) is 1.34. The van der Waals surface area contributed by atoms with Gasteiger partial charge in [-0.15, -0.1) is 0 Å². The van der Waals surface area contributed by atoms with E-state index in [1.807, 2.05) is 0 Å². The summed E-state index contributed by atoms with van der Waals surface area (Å²) < 4.78 is 5.85. The lowest BCUT2D eigenvalue weighted by Gasteiger charge is -2.21. The predicted octanol–water partition coefficient (Wildman–Crippen LogP) is 6.06. The Morgan fingerprint density at radius 1 is 0.737 bits per heavy atom. The van der Waals surface area contributed by atoms with Gasteiger partial charge in [-0.25, -0.2) is 0 Å². The van der Waals surface area contributed by atoms with E-state index >= 15 is 0 Å². The fraction of sp³-hybridized carbons (Fsp3) is 1.00. The van der Waals surface area contributed by atoms with Gasteiger partial charge >= 0.3 is 0 Å². The van der Waals surface area contributed by atoms with Crippen LogP contribution in [0.2, 0.25) is 19.1 Å². The second-order valence-corrected chi connectivity index (χ2v) is 11.0. The van der Waals surface area contributed by atoms with E-state index in [-0.39, 0.29) is 0 Å². The lowest BCUT2D eigenvalue weighted by molar-refractivity contribution is 0.327. The van der Waals surface area contributed by atoms with Crippen LogP contribution in [-0.4, -0.2) is 20.7 Å². The van der Waals surface area contributed by atoms with E-state index in [4.69, 9.17) is 4.43 Å². The van der Waals surface area contributed by atoms with Gasteiger partial charge in [0.15, 0.2) is 8.32 Å². The van der Waals surface area contributed by atoms with Gasteiger partial charge in [0.1, 0.15) is 0 Å². The summed E-state index contributed by atoms with van der Waals surface area (Å²) in [6.45, 7) is 7.71. The average Bonchev–Trinajstić information content (AvgIpc) is 2.36. The van der Waals surface area contributed by atoms with Crippen molar-refractivity contribution < 1.29 is 4.43 Å². The number of thiol groups is 1. The Morgan fingerprint density at radius 2 is 1.16 bits per heavy atom. The van der Waals surface area contributed by atoms with Crippen LogP contribution >= 0.6 is 12.6 Å². The van der Waals surface area contributed by atoms with E-state index in [9.17, 15) is 0 Å². The molecule has 0 atom stereocenters. The third-order valence-electron chi connectivity index (χ3n) is 3.72. The molecule has 0 radical (unpaired) electrons. The van der Waals surface area contributed by atoms with E-state index in [1.54, 1.807) is 0 Å². The van der Waals surface area contributed by atoms with Crippen molar-refractivity contribution >= 4 is 20.9 Å². The average molecular weight is 305 g/mol. The molecule has 0 saturated carbocycles. The molecule has 0 aromatic carbocycles. The quantitative estimate of drug-likeness (QED) is 0.233. The van der Waals surface area contributed by atoms with Crippen molar-refractivity contribution in [1.29, 1.82) is 0 Å². The fourth-order valence-corrected chi connectivity index (χ4v) is 4.79. The first-order valence-corrected chi connectivity index (χ1v) is 12.1. The second-order valence-electron chi connectivity index (χ2n) is 6.20. The molecule has 0 aliphatic rings. The molecule has 0 heterocycles. The van der Waals surface area contributed by atoms with Gasteiger partial charge in [0.05, 0.1) is 0 Å². The molecule has 3 heteroatoms. The zero-order valence-electron chi connectivity index (χ0n) is 13.5. The topological polar surface area (TPSA) is 9.23 Å². The Balaban J connectivity index is 3.14. The third kappa shape index (κ3) is 14.7. The largest absolute Gasteiger partial charge is 0.418 e. The minimum Gasteiger partial charge on any atom is -0.418 e. The molecule has 0 spiro atoms. The highest BCUT2D eigenvalue weighted by Gasteiger charge is 2.20. The summed E-state index contributed by atoms with van der Waals surface area (Å²) in [5.41, 5.74) is 0. The van der Waals surface area contributed by atoms with Crippen LogP contribution in [0.15, 0.2) is 0 Å². The summed E-state index contributed by atoms with van der Waals surface area (Å²) in [7, 11) is -1.30. The molecule has 1 nitrogen and oxygen atoms in total. The minimum absolute atomic E-state index is 0.895. The Kier molecular flexibility index (Phi) is 13.9. The van der Waals surface area contributed by atoms with Gasteiger partial charge in [-0.1, -0.05) is 57.8 Å². The Bertz CT molecular complexity index is 186. The standard InChI is InChI=1S/C16H36OSSi/c1-4-17-19(2,3)16-14-12-10-8-6-5-7-9-11-13-15-18/h18H,4-16H2,1-3H3. The maximum Gasteiger partial charge on any atom is 0.186 e. The van der Waals surface area contributed by atoms with Crippen LogP contribution in [-0.2, 0) is 4.43 Å². The van der Waals surface area contributed by atoms with Crippen LogP contribution in [0.3, 0.4) is 0 Å². The van der Waals surface area contributed by atoms with Crippen LogP contribution in [0.5, 0.6) is 0 Å². The maximum absolute atomic E-state index is 5.85. The molecular formula is C16H36OSSi. The van der Waals surface area contributed by atoms with Gasteiger partial charge in [0, 0.05) is 6.61 Å². The van der Waals surface area contributed by atoms with Crippen LogP contribution < -0.4 is 0 Å². The zero-order chi connectivity index (χ0) is 14.4. The van der Waals surface area contributed by atoms with Crippen LogP contribution in [0.1, 0.15) is 71.1 Å². The molecule has 116 valence electrons. The molecule has 0 rings (SSSR count). The predicted molar refractivity (Wildman–Crippen MR) is 93.9 cm³/mol. The first-order chi connectivity index (χ1) is 9.12. The molecule has 0 aliphatic carbocycles. The molecule has 0 aromatic rings. The van der Waals surface area contributed by atoms with Crippen LogP contribution in [0.4, 0.5) is 0 Å². The smallest absolute Gasteiger partial charge is 0.186 e. The number of unbranched alkanes of at least 4 members (excludes halogenated alkanes) is 9. The second kappa shape index (κ2) is 13.5. The normalized spacial score (nSPS) is 12.0. The molecule has 0 N–H and O–H groups in total. The van der Waals surface area contributed by atoms with Crippen molar-refractivity contribution in [3.05, 3.63) is 0 Å². The molecule has 0 aromatic heterocycles. The maximum atomic E-state index is 5.85. The monoisotopic (exact) mass is 304 g/mol. The minimum atomic E-state index is -1.30.